The van der Waals surface area contributed by atoms with Crippen molar-refractivity contribution in [3.05, 3.63) is 83.3 Å². The maximum Gasteiger partial charge on any atom is 0.339 e. The number of anilines is 3. The van der Waals surface area contributed by atoms with Gasteiger partial charge >= 0.3 is 5.97 Å². The lowest BCUT2D eigenvalue weighted by atomic mass is 10.1. The van der Waals surface area contributed by atoms with E-state index in [1.807, 2.05) is 28.9 Å². The summed E-state index contributed by atoms with van der Waals surface area (Å²) in [5.74, 6) is -1.41. The molecule has 3 aromatic rings. The minimum atomic E-state index is -1.13. The van der Waals surface area contributed by atoms with E-state index >= 15 is 0 Å². The first-order valence-electron chi connectivity index (χ1n) is 10.3. The zero-order chi connectivity index (χ0) is 22.7. The molecular weight excluding hydrogens is 411 g/mol. The number of carboxylic acid groups (broad SMARTS) is 1. The molecule has 4 rings (SSSR count). The number of nitrogens with one attached hydrogen (secondary N) is 1. The number of benzene rings is 2. The number of aromatic carboxylic acids is 1. The SMILES string of the molecule is Cc1ccc(C(=O)Nc2cnc(N3CCN(c4ccccc4F)CC3)c(C(=O)O)c2)cc1. The van der Waals surface area contributed by atoms with Gasteiger partial charge in [0.05, 0.1) is 17.6 Å². The number of piperazine rings is 1. The second kappa shape index (κ2) is 9.05. The van der Waals surface area contributed by atoms with Crippen LogP contribution in [-0.2, 0) is 0 Å². The first-order chi connectivity index (χ1) is 15.4. The van der Waals surface area contributed by atoms with Crippen molar-refractivity contribution in [2.75, 3.05) is 41.3 Å². The minimum absolute atomic E-state index is 0.00560. The van der Waals surface area contributed by atoms with Gasteiger partial charge in [0.25, 0.3) is 5.91 Å². The van der Waals surface area contributed by atoms with E-state index in [-0.39, 0.29) is 17.3 Å². The van der Waals surface area contributed by atoms with Crippen LogP contribution < -0.4 is 15.1 Å². The Morgan fingerprint density at radius 1 is 1.00 bits per heavy atom. The Labute approximate surface area is 185 Å². The zero-order valence-electron chi connectivity index (χ0n) is 17.6. The molecule has 0 radical (unpaired) electrons. The Hall–Kier alpha value is -3.94. The molecule has 2 N–H and O–H groups in total. The number of nitrogens with zero attached hydrogens (tertiary/aromatic N) is 3. The average Bonchev–Trinajstić information content (AvgIpc) is 2.80. The van der Waals surface area contributed by atoms with Gasteiger partial charge in [-0.25, -0.2) is 14.2 Å². The van der Waals surface area contributed by atoms with E-state index in [9.17, 15) is 19.1 Å². The summed E-state index contributed by atoms with van der Waals surface area (Å²) < 4.78 is 14.1. The molecule has 1 fully saturated rings. The molecule has 8 heteroatoms. The summed E-state index contributed by atoms with van der Waals surface area (Å²) in [5.41, 5.74) is 2.36. The fourth-order valence-electron chi connectivity index (χ4n) is 3.71. The van der Waals surface area contributed by atoms with E-state index < -0.39 is 5.97 Å². The molecule has 1 aromatic heterocycles. The van der Waals surface area contributed by atoms with Crippen LogP contribution in [0.4, 0.5) is 21.6 Å². The van der Waals surface area contributed by atoms with Crippen molar-refractivity contribution in [2.45, 2.75) is 6.92 Å². The Morgan fingerprint density at radius 3 is 2.31 bits per heavy atom. The number of para-hydroxylation sites is 1. The van der Waals surface area contributed by atoms with E-state index in [0.29, 0.717) is 48.9 Å². The number of hydrogen-bond acceptors (Lipinski definition) is 5. The third-order valence-electron chi connectivity index (χ3n) is 5.44. The number of hydrogen-bond donors (Lipinski definition) is 2. The molecule has 1 aliphatic rings. The predicted octanol–water partition coefficient (Wildman–Crippen LogP) is 3.81. The summed E-state index contributed by atoms with van der Waals surface area (Å²) in [7, 11) is 0. The first kappa shape index (κ1) is 21.3. The molecular formula is C24H23FN4O3. The Kier molecular flexibility index (Phi) is 6.02. The van der Waals surface area contributed by atoms with Crippen LogP contribution in [0.1, 0.15) is 26.3 Å². The molecule has 2 aromatic carbocycles. The molecule has 1 aliphatic heterocycles. The lowest BCUT2D eigenvalue weighted by Gasteiger charge is -2.37. The Morgan fingerprint density at radius 2 is 1.66 bits per heavy atom. The fourth-order valence-corrected chi connectivity index (χ4v) is 3.71. The van der Waals surface area contributed by atoms with E-state index in [4.69, 9.17) is 0 Å². The maximum absolute atomic E-state index is 14.1. The number of carbonyl (C=O) groups is 2. The van der Waals surface area contributed by atoms with Crippen LogP contribution in [-0.4, -0.2) is 48.1 Å². The molecule has 2 heterocycles. The number of rotatable bonds is 5. The molecule has 0 aliphatic carbocycles. The average molecular weight is 434 g/mol. The van der Waals surface area contributed by atoms with Crippen molar-refractivity contribution in [1.82, 2.24) is 4.98 Å². The van der Waals surface area contributed by atoms with Gasteiger partial charge in [0, 0.05) is 31.7 Å². The van der Waals surface area contributed by atoms with Crippen molar-refractivity contribution < 1.29 is 19.1 Å². The highest BCUT2D eigenvalue weighted by Gasteiger charge is 2.24. The standard InChI is InChI=1S/C24H23FN4O3/c1-16-6-8-17(9-7-16)23(30)27-18-14-19(24(31)32)22(26-15-18)29-12-10-28(11-13-29)21-5-3-2-4-20(21)25/h2-9,14-15H,10-13H2,1H3,(H,27,30)(H,31,32). The van der Waals surface area contributed by atoms with E-state index in [0.717, 1.165) is 5.56 Å². The van der Waals surface area contributed by atoms with Crippen molar-refractivity contribution in [1.29, 1.82) is 0 Å². The monoisotopic (exact) mass is 434 g/mol. The molecule has 0 unspecified atom stereocenters. The number of pyridine rings is 1. The lowest BCUT2D eigenvalue weighted by molar-refractivity contribution is 0.0696. The second-order valence-electron chi connectivity index (χ2n) is 7.65. The molecule has 0 bridgehead atoms. The number of aryl methyl sites for hydroxylation is 1. The van der Waals surface area contributed by atoms with Crippen molar-refractivity contribution >= 4 is 29.1 Å². The number of halogens is 1. The molecule has 7 nitrogen and oxygen atoms in total. The molecule has 0 atom stereocenters. The van der Waals surface area contributed by atoms with Crippen LogP contribution >= 0.6 is 0 Å². The quantitative estimate of drug-likeness (QED) is 0.635. The van der Waals surface area contributed by atoms with Crippen LogP contribution in [0.5, 0.6) is 0 Å². The summed E-state index contributed by atoms with van der Waals surface area (Å²) in [4.78, 5) is 32.5. The van der Waals surface area contributed by atoms with Gasteiger partial charge in [-0.3, -0.25) is 4.79 Å². The van der Waals surface area contributed by atoms with Crippen molar-refractivity contribution in [2.24, 2.45) is 0 Å². The van der Waals surface area contributed by atoms with Crippen LogP contribution in [0.2, 0.25) is 0 Å². The van der Waals surface area contributed by atoms with Gasteiger partial charge in [-0.1, -0.05) is 29.8 Å². The van der Waals surface area contributed by atoms with Gasteiger partial charge in [0.1, 0.15) is 17.2 Å². The van der Waals surface area contributed by atoms with Gasteiger partial charge < -0.3 is 20.2 Å². The highest BCUT2D eigenvalue weighted by Crippen LogP contribution is 2.26. The maximum atomic E-state index is 14.1. The van der Waals surface area contributed by atoms with Gasteiger partial charge in [0.15, 0.2) is 0 Å². The van der Waals surface area contributed by atoms with Gasteiger partial charge in [-0.15, -0.1) is 0 Å². The fraction of sp³-hybridized carbons (Fsp3) is 0.208. The highest BCUT2D eigenvalue weighted by molar-refractivity contribution is 6.05. The van der Waals surface area contributed by atoms with Gasteiger partial charge in [-0.05, 0) is 37.3 Å². The van der Waals surface area contributed by atoms with Gasteiger partial charge in [0.2, 0.25) is 0 Å². The van der Waals surface area contributed by atoms with E-state index in [1.54, 1.807) is 30.3 Å². The molecule has 32 heavy (non-hydrogen) atoms. The predicted molar refractivity (Wildman–Crippen MR) is 121 cm³/mol. The van der Waals surface area contributed by atoms with E-state index in [1.165, 1.54) is 18.3 Å². The summed E-state index contributed by atoms with van der Waals surface area (Å²) in [6.45, 7) is 3.99. The van der Waals surface area contributed by atoms with Crippen LogP contribution in [0.25, 0.3) is 0 Å². The summed E-state index contributed by atoms with van der Waals surface area (Å²) >= 11 is 0. The van der Waals surface area contributed by atoms with E-state index in [2.05, 4.69) is 10.3 Å². The normalized spacial score (nSPS) is 13.7. The van der Waals surface area contributed by atoms with Crippen LogP contribution in [0.15, 0.2) is 60.8 Å². The number of carboxylic acids is 1. The molecule has 164 valence electrons. The highest BCUT2D eigenvalue weighted by atomic mass is 19.1. The molecule has 1 saturated heterocycles. The first-order valence-corrected chi connectivity index (χ1v) is 10.3. The second-order valence-corrected chi connectivity index (χ2v) is 7.65. The molecule has 0 spiro atoms. The van der Waals surface area contributed by atoms with Crippen molar-refractivity contribution in [3.8, 4) is 0 Å². The third kappa shape index (κ3) is 4.54. The molecule has 1 amide bonds. The summed E-state index contributed by atoms with van der Waals surface area (Å²) in [5, 5.41) is 12.4. The summed E-state index contributed by atoms with van der Waals surface area (Å²) in [6, 6.07) is 15.1. The van der Waals surface area contributed by atoms with Crippen molar-refractivity contribution in [3.63, 3.8) is 0 Å². The van der Waals surface area contributed by atoms with Crippen LogP contribution in [0.3, 0.4) is 0 Å². The zero-order valence-corrected chi connectivity index (χ0v) is 17.6. The largest absolute Gasteiger partial charge is 0.478 e. The Bertz CT molecular complexity index is 1140. The van der Waals surface area contributed by atoms with Gasteiger partial charge in [-0.2, -0.15) is 0 Å². The molecule has 0 saturated carbocycles. The van der Waals surface area contributed by atoms with Crippen LogP contribution in [0, 0.1) is 12.7 Å². The minimum Gasteiger partial charge on any atom is -0.478 e. The summed E-state index contributed by atoms with van der Waals surface area (Å²) in [6.07, 6.45) is 1.46. The lowest BCUT2D eigenvalue weighted by Crippen LogP contribution is -2.47. The number of aromatic nitrogens is 1. The Balaban J connectivity index is 1.49. The number of carbonyl (C=O) groups excluding carboxylic acids is 1. The number of amides is 1. The third-order valence-corrected chi connectivity index (χ3v) is 5.44. The topological polar surface area (TPSA) is 85.8 Å². The smallest absolute Gasteiger partial charge is 0.339 e.